The molecule has 2 aromatic rings. The van der Waals surface area contributed by atoms with Gasteiger partial charge in [0, 0.05) is 12.7 Å². The Morgan fingerprint density at radius 1 is 1.26 bits per heavy atom. The van der Waals surface area contributed by atoms with Crippen LogP contribution in [-0.4, -0.2) is 21.4 Å². The highest BCUT2D eigenvalue weighted by Gasteiger charge is 2.25. The quantitative estimate of drug-likeness (QED) is 0.669. The largest absolute Gasteiger partial charge is 0.378 e. The Hall–Kier alpha value is -2.77. The van der Waals surface area contributed by atoms with Gasteiger partial charge >= 0.3 is 5.69 Å². The van der Waals surface area contributed by atoms with Crippen molar-refractivity contribution >= 4 is 28.0 Å². The molecule has 0 radical (unpaired) electrons. The van der Waals surface area contributed by atoms with Crippen LogP contribution in [0.1, 0.15) is 6.92 Å². The smallest absolute Gasteiger partial charge is 0.301 e. The minimum Gasteiger partial charge on any atom is -0.378 e. The first-order valence-electron chi connectivity index (χ1n) is 5.50. The van der Waals surface area contributed by atoms with Gasteiger partial charge in [-0.2, -0.15) is 0 Å². The van der Waals surface area contributed by atoms with Gasteiger partial charge in [0.2, 0.25) is 0 Å². The van der Waals surface area contributed by atoms with E-state index < -0.39 is 9.85 Å². The number of hydrogen-bond acceptors (Lipinski definition) is 6. The van der Waals surface area contributed by atoms with Gasteiger partial charge in [-0.25, -0.2) is 0 Å². The average Bonchev–Trinajstić information content (AvgIpc) is 2.38. The topological polar surface area (TPSA) is 111 Å². The molecule has 8 nitrogen and oxygen atoms in total. The molecule has 0 bridgehead atoms. The van der Waals surface area contributed by atoms with E-state index in [9.17, 15) is 20.2 Å². The number of rotatable bonds is 4. The molecule has 0 amide bonds. The van der Waals surface area contributed by atoms with Crippen molar-refractivity contribution in [3.63, 3.8) is 0 Å². The predicted molar refractivity (Wildman–Crippen MR) is 69.2 cm³/mol. The lowest BCUT2D eigenvalue weighted by atomic mass is 10.1. The van der Waals surface area contributed by atoms with Crippen molar-refractivity contribution in [1.82, 2.24) is 4.98 Å². The van der Waals surface area contributed by atoms with Gasteiger partial charge in [-0.3, -0.25) is 25.2 Å². The van der Waals surface area contributed by atoms with Crippen molar-refractivity contribution < 1.29 is 9.85 Å². The summed E-state index contributed by atoms with van der Waals surface area (Å²) in [5, 5.41) is 25.1. The number of benzene rings is 1. The lowest BCUT2D eigenvalue weighted by Crippen LogP contribution is -2.04. The Morgan fingerprint density at radius 3 is 2.53 bits per heavy atom. The number of non-ortho nitro benzene ring substituents is 1. The van der Waals surface area contributed by atoms with Gasteiger partial charge in [-0.1, -0.05) is 0 Å². The maximum Gasteiger partial charge on any atom is 0.301 e. The maximum absolute atomic E-state index is 11.0. The Labute approximate surface area is 107 Å². The van der Waals surface area contributed by atoms with Crippen LogP contribution in [0.4, 0.5) is 17.1 Å². The second-order valence-corrected chi connectivity index (χ2v) is 3.73. The number of anilines is 1. The monoisotopic (exact) mass is 262 g/mol. The van der Waals surface area contributed by atoms with Gasteiger partial charge in [0.05, 0.1) is 21.3 Å². The lowest BCUT2D eigenvalue weighted by Gasteiger charge is -2.08. The van der Waals surface area contributed by atoms with Crippen molar-refractivity contribution in [3.05, 3.63) is 44.6 Å². The van der Waals surface area contributed by atoms with Crippen LogP contribution in [0.25, 0.3) is 10.9 Å². The summed E-state index contributed by atoms with van der Waals surface area (Å²) in [6.45, 7) is 2.23. The zero-order chi connectivity index (χ0) is 14.0. The standard InChI is InChI=1S/C11H10N4O4/c1-2-12-11-9(15(18)19)6-8(14(16)17)7-4-3-5-13-10(7)11/h3-6,12H,2H2,1H3. The van der Waals surface area contributed by atoms with E-state index in [4.69, 9.17) is 0 Å². The summed E-state index contributed by atoms with van der Waals surface area (Å²) in [5.41, 5.74) is -0.241. The molecule has 0 fully saturated rings. The lowest BCUT2D eigenvalue weighted by molar-refractivity contribution is -0.392. The zero-order valence-corrected chi connectivity index (χ0v) is 9.99. The van der Waals surface area contributed by atoms with Crippen LogP contribution in [0.3, 0.4) is 0 Å². The molecule has 8 heteroatoms. The molecule has 0 saturated carbocycles. The molecule has 0 aliphatic carbocycles. The third kappa shape index (κ3) is 2.15. The van der Waals surface area contributed by atoms with Crippen molar-refractivity contribution in [2.24, 2.45) is 0 Å². The summed E-state index contributed by atoms with van der Waals surface area (Å²) >= 11 is 0. The molecular weight excluding hydrogens is 252 g/mol. The van der Waals surface area contributed by atoms with Crippen molar-refractivity contribution in [1.29, 1.82) is 0 Å². The Bertz CT molecular complexity index is 671. The van der Waals surface area contributed by atoms with Gasteiger partial charge in [0.1, 0.15) is 11.2 Å². The minimum atomic E-state index is -0.654. The van der Waals surface area contributed by atoms with Crippen molar-refractivity contribution in [2.75, 3.05) is 11.9 Å². The fraction of sp³-hybridized carbons (Fsp3) is 0.182. The second-order valence-electron chi connectivity index (χ2n) is 3.73. The van der Waals surface area contributed by atoms with E-state index in [2.05, 4.69) is 10.3 Å². The first kappa shape index (κ1) is 12.7. The number of fused-ring (bicyclic) bond motifs is 1. The second kappa shape index (κ2) is 4.84. The summed E-state index contributed by atoms with van der Waals surface area (Å²) in [5.74, 6) is 0. The van der Waals surface area contributed by atoms with Gasteiger partial charge < -0.3 is 5.32 Å². The summed E-state index contributed by atoms with van der Waals surface area (Å²) in [6, 6.07) is 4.03. The highest BCUT2D eigenvalue weighted by Crippen LogP contribution is 2.37. The van der Waals surface area contributed by atoms with Crippen LogP contribution >= 0.6 is 0 Å². The third-order valence-corrected chi connectivity index (χ3v) is 2.60. The van der Waals surface area contributed by atoms with Gasteiger partial charge in [0.15, 0.2) is 0 Å². The first-order valence-corrected chi connectivity index (χ1v) is 5.50. The summed E-state index contributed by atoms with van der Waals surface area (Å²) in [4.78, 5) is 24.7. The van der Waals surface area contributed by atoms with Gasteiger partial charge in [-0.15, -0.1) is 0 Å². The molecule has 2 rings (SSSR count). The van der Waals surface area contributed by atoms with E-state index in [-0.39, 0.29) is 28.0 Å². The molecule has 0 atom stereocenters. The number of nitrogens with zero attached hydrogens (tertiary/aromatic N) is 3. The van der Waals surface area contributed by atoms with Crippen LogP contribution in [-0.2, 0) is 0 Å². The van der Waals surface area contributed by atoms with Crippen LogP contribution in [0.5, 0.6) is 0 Å². The average molecular weight is 262 g/mol. The molecule has 0 aliphatic heterocycles. The highest BCUT2D eigenvalue weighted by molar-refractivity contribution is 6.01. The molecule has 0 aliphatic rings. The molecule has 1 aromatic heterocycles. The fourth-order valence-electron chi connectivity index (χ4n) is 1.86. The van der Waals surface area contributed by atoms with E-state index in [1.165, 1.54) is 12.3 Å². The number of hydrogen-bond donors (Lipinski definition) is 1. The zero-order valence-electron chi connectivity index (χ0n) is 9.99. The van der Waals surface area contributed by atoms with Crippen LogP contribution in [0.15, 0.2) is 24.4 Å². The van der Waals surface area contributed by atoms with Gasteiger partial charge in [-0.05, 0) is 19.1 Å². The number of nitrogens with one attached hydrogen (secondary N) is 1. The van der Waals surface area contributed by atoms with E-state index in [1.807, 2.05) is 0 Å². The molecule has 1 N–H and O–H groups in total. The predicted octanol–water partition coefficient (Wildman–Crippen LogP) is 2.48. The minimum absolute atomic E-state index is 0.203. The van der Waals surface area contributed by atoms with Crippen molar-refractivity contribution in [3.8, 4) is 0 Å². The molecule has 1 heterocycles. The van der Waals surface area contributed by atoms with E-state index in [0.717, 1.165) is 6.07 Å². The Kier molecular flexibility index (Phi) is 3.23. The van der Waals surface area contributed by atoms with Crippen molar-refractivity contribution in [2.45, 2.75) is 6.92 Å². The highest BCUT2D eigenvalue weighted by atomic mass is 16.6. The molecule has 0 spiro atoms. The van der Waals surface area contributed by atoms with E-state index >= 15 is 0 Å². The summed E-state index contributed by atoms with van der Waals surface area (Å²) < 4.78 is 0. The third-order valence-electron chi connectivity index (χ3n) is 2.60. The molecular formula is C11H10N4O4. The van der Waals surface area contributed by atoms with E-state index in [0.29, 0.717) is 6.54 Å². The SMILES string of the molecule is CCNc1c([N+](=O)[O-])cc([N+](=O)[O-])c2cccnc12. The molecule has 98 valence electrons. The maximum atomic E-state index is 11.0. The van der Waals surface area contributed by atoms with E-state index in [1.54, 1.807) is 13.0 Å². The van der Waals surface area contributed by atoms with Crippen LogP contribution in [0.2, 0.25) is 0 Å². The van der Waals surface area contributed by atoms with Crippen LogP contribution in [0, 0.1) is 20.2 Å². The molecule has 19 heavy (non-hydrogen) atoms. The summed E-state index contributed by atoms with van der Waals surface area (Å²) in [6.07, 6.45) is 1.44. The molecule has 1 aromatic carbocycles. The number of nitro groups is 2. The number of nitro benzene ring substituents is 2. The fourth-order valence-corrected chi connectivity index (χ4v) is 1.86. The number of aromatic nitrogens is 1. The Balaban J connectivity index is 2.89. The summed E-state index contributed by atoms with van der Waals surface area (Å²) in [7, 11) is 0. The normalized spacial score (nSPS) is 10.4. The first-order chi connectivity index (χ1) is 9.06. The van der Waals surface area contributed by atoms with Gasteiger partial charge in [0.25, 0.3) is 5.69 Å². The van der Waals surface area contributed by atoms with Crippen LogP contribution < -0.4 is 5.32 Å². The number of pyridine rings is 1. The molecule has 0 saturated heterocycles. The Morgan fingerprint density at radius 2 is 1.95 bits per heavy atom. The molecule has 0 unspecified atom stereocenters.